The summed E-state index contributed by atoms with van der Waals surface area (Å²) in [7, 11) is 0. The highest BCUT2D eigenvalue weighted by atomic mass is 16.6. The molecule has 0 aromatic carbocycles. The minimum Gasteiger partial charge on any atom is -0.465 e. The molecule has 0 aliphatic heterocycles. The fourth-order valence-corrected chi connectivity index (χ4v) is 5.47. The Kier molecular flexibility index (Phi) is 20.7. The summed E-state index contributed by atoms with van der Waals surface area (Å²) in [6.45, 7) is 8.50. The van der Waals surface area contributed by atoms with Crippen LogP contribution in [0.3, 0.4) is 0 Å². The largest absolute Gasteiger partial charge is 0.465 e. The van der Waals surface area contributed by atoms with E-state index in [4.69, 9.17) is 14.2 Å². The molecule has 0 aromatic heterocycles. The summed E-state index contributed by atoms with van der Waals surface area (Å²) in [6, 6.07) is 0. The van der Waals surface area contributed by atoms with Crippen molar-refractivity contribution < 1.29 is 28.6 Å². The Hall–Kier alpha value is -1.85. The van der Waals surface area contributed by atoms with Gasteiger partial charge in [0.25, 0.3) is 0 Å². The summed E-state index contributed by atoms with van der Waals surface area (Å²) in [5.74, 6) is -2.65. The second kappa shape index (κ2) is 22.9. The van der Waals surface area contributed by atoms with E-state index in [9.17, 15) is 14.4 Å². The highest BCUT2D eigenvalue weighted by Crippen LogP contribution is 2.39. The molecule has 2 unspecified atom stereocenters. The van der Waals surface area contributed by atoms with Crippen LogP contribution in [-0.2, 0) is 28.6 Å². The molecule has 6 nitrogen and oxygen atoms in total. The van der Waals surface area contributed by atoms with Crippen LogP contribution in [0.4, 0.5) is 0 Å². The molecule has 6 heteroatoms. The van der Waals surface area contributed by atoms with Gasteiger partial charge in [-0.3, -0.25) is 4.79 Å². The fraction of sp³-hybridized carbons (Fsp3) is 0.848. The smallest absolute Gasteiger partial charge is 0.351 e. The average molecular weight is 551 g/mol. The van der Waals surface area contributed by atoms with Crippen molar-refractivity contribution in [1.82, 2.24) is 0 Å². The molecular formula is C33H58O6. The van der Waals surface area contributed by atoms with Crippen molar-refractivity contribution in [3.63, 3.8) is 0 Å². The van der Waals surface area contributed by atoms with Crippen LogP contribution < -0.4 is 0 Å². The Morgan fingerprint density at radius 2 is 1.15 bits per heavy atom. The summed E-state index contributed by atoms with van der Waals surface area (Å²) in [5, 5.41) is 0. The minimum atomic E-state index is -1.63. The van der Waals surface area contributed by atoms with Gasteiger partial charge in [-0.25, -0.2) is 9.59 Å². The second-order valence-electron chi connectivity index (χ2n) is 11.3. The van der Waals surface area contributed by atoms with E-state index in [0.29, 0.717) is 19.4 Å². The number of esters is 3. The second-order valence-corrected chi connectivity index (χ2v) is 11.3. The quantitative estimate of drug-likeness (QED) is 0.0517. The lowest BCUT2D eigenvalue weighted by molar-refractivity contribution is -0.198. The standard InChI is InChI=1S/C33H58O6/c1-4-7-9-11-13-14-15-16-18-19-23-27-37-31(35)29-25-21-22-26-33(29,39-30(34)6-3)32(36)38-28-24-20-17-12-10-8-5-2/h6,29H,3-5,7-28H2,1-2H3. The van der Waals surface area contributed by atoms with Crippen molar-refractivity contribution in [1.29, 1.82) is 0 Å². The molecule has 0 amide bonds. The number of carbonyl (C=O) groups excluding carboxylic acids is 3. The Morgan fingerprint density at radius 3 is 1.64 bits per heavy atom. The van der Waals surface area contributed by atoms with Crippen LogP contribution in [0.5, 0.6) is 0 Å². The molecule has 0 N–H and O–H groups in total. The van der Waals surface area contributed by atoms with Gasteiger partial charge in [-0.15, -0.1) is 0 Å². The first kappa shape index (κ1) is 35.2. The molecule has 1 aliphatic rings. The monoisotopic (exact) mass is 550 g/mol. The zero-order valence-corrected chi connectivity index (χ0v) is 25.3. The van der Waals surface area contributed by atoms with E-state index in [2.05, 4.69) is 20.4 Å². The van der Waals surface area contributed by atoms with Crippen molar-refractivity contribution in [3.8, 4) is 0 Å². The highest BCUT2D eigenvalue weighted by Gasteiger charge is 2.55. The van der Waals surface area contributed by atoms with Crippen molar-refractivity contribution in [2.75, 3.05) is 13.2 Å². The molecule has 0 aromatic rings. The molecule has 2 atom stereocenters. The van der Waals surface area contributed by atoms with Crippen LogP contribution in [0.15, 0.2) is 12.7 Å². The summed E-state index contributed by atoms with van der Waals surface area (Å²) in [6.07, 6.45) is 24.4. The Balaban J connectivity index is 2.48. The maximum Gasteiger partial charge on any atom is 0.351 e. The van der Waals surface area contributed by atoms with Crippen molar-refractivity contribution in [3.05, 3.63) is 12.7 Å². The number of rotatable bonds is 24. The number of unbranched alkanes of at least 4 members (excludes halogenated alkanes) is 16. The maximum absolute atomic E-state index is 13.3. The number of hydrogen-bond donors (Lipinski definition) is 0. The topological polar surface area (TPSA) is 78.9 Å². The first-order chi connectivity index (χ1) is 19.0. The first-order valence-corrected chi connectivity index (χ1v) is 16.2. The van der Waals surface area contributed by atoms with E-state index in [-0.39, 0.29) is 13.0 Å². The van der Waals surface area contributed by atoms with Crippen LogP contribution in [-0.4, -0.2) is 36.7 Å². The fourth-order valence-electron chi connectivity index (χ4n) is 5.47. The Labute approximate surface area is 239 Å². The molecular weight excluding hydrogens is 492 g/mol. The molecule has 1 saturated carbocycles. The predicted octanol–water partition coefficient (Wildman–Crippen LogP) is 8.79. The first-order valence-electron chi connectivity index (χ1n) is 16.2. The third-order valence-corrected chi connectivity index (χ3v) is 7.91. The van der Waals surface area contributed by atoms with Crippen molar-refractivity contribution in [2.24, 2.45) is 5.92 Å². The van der Waals surface area contributed by atoms with Crippen LogP contribution in [0, 0.1) is 5.92 Å². The molecule has 1 rings (SSSR count). The van der Waals surface area contributed by atoms with Crippen LogP contribution >= 0.6 is 0 Å². The molecule has 0 heterocycles. The molecule has 0 bridgehead atoms. The normalized spacial score (nSPS) is 18.9. The number of ether oxygens (including phenoxy) is 3. The van der Waals surface area contributed by atoms with E-state index in [1.54, 1.807) is 0 Å². The van der Waals surface area contributed by atoms with E-state index < -0.39 is 29.4 Å². The summed E-state index contributed by atoms with van der Waals surface area (Å²) in [4.78, 5) is 38.7. The molecule has 39 heavy (non-hydrogen) atoms. The van der Waals surface area contributed by atoms with Gasteiger partial charge in [0.2, 0.25) is 5.60 Å². The summed E-state index contributed by atoms with van der Waals surface area (Å²) in [5.41, 5.74) is -1.63. The Morgan fingerprint density at radius 1 is 0.692 bits per heavy atom. The molecule has 0 spiro atoms. The van der Waals surface area contributed by atoms with E-state index >= 15 is 0 Å². The average Bonchev–Trinajstić information content (AvgIpc) is 2.94. The van der Waals surface area contributed by atoms with Gasteiger partial charge in [0, 0.05) is 6.08 Å². The van der Waals surface area contributed by atoms with Gasteiger partial charge in [-0.1, -0.05) is 130 Å². The van der Waals surface area contributed by atoms with E-state index in [1.807, 2.05) is 0 Å². The summed E-state index contributed by atoms with van der Waals surface area (Å²) < 4.78 is 16.8. The lowest BCUT2D eigenvalue weighted by atomic mass is 9.75. The third kappa shape index (κ3) is 14.9. The lowest BCUT2D eigenvalue weighted by Gasteiger charge is -2.39. The highest BCUT2D eigenvalue weighted by molar-refractivity contribution is 5.92. The zero-order chi connectivity index (χ0) is 28.6. The molecule has 0 radical (unpaired) electrons. The van der Waals surface area contributed by atoms with Crippen molar-refractivity contribution in [2.45, 2.75) is 161 Å². The molecule has 0 saturated heterocycles. The van der Waals surface area contributed by atoms with Crippen LogP contribution in [0.1, 0.15) is 155 Å². The van der Waals surface area contributed by atoms with Gasteiger partial charge in [-0.05, 0) is 32.1 Å². The lowest BCUT2D eigenvalue weighted by Crippen LogP contribution is -2.55. The maximum atomic E-state index is 13.3. The third-order valence-electron chi connectivity index (χ3n) is 7.91. The number of hydrogen-bond acceptors (Lipinski definition) is 6. The molecule has 1 aliphatic carbocycles. The van der Waals surface area contributed by atoms with Gasteiger partial charge < -0.3 is 14.2 Å². The minimum absolute atomic E-state index is 0.264. The molecule has 226 valence electrons. The van der Waals surface area contributed by atoms with Crippen molar-refractivity contribution >= 4 is 17.9 Å². The number of carbonyl (C=O) groups is 3. The van der Waals surface area contributed by atoms with Gasteiger partial charge in [0.1, 0.15) is 5.92 Å². The predicted molar refractivity (Wildman–Crippen MR) is 157 cm³/mol. The zero-order valence-electron chi connectivity index (χ0n) is 25.3. The summed E-state index contributed by atoms with van der Waals surface area (Å²) >= 11 is 0. The van der Waals surface area contributed by atoms with E-state index in [0.717, 1.165) is 51.0 Å². The van der Waals surface area contributed by atoms with Gasteiger partial charge >= 0.3 is 17.9 Å². The Bertz CT molecular complexity index is 675. The van der Waals surface area contributed by atoms with Gasteiger partial charge in [0.15, 0.2) is 0 Å². The van der Waals surface area contributed by atoms with E-state index in [1.165, 1.54) is 77.0 Å². The van der Waals surface area contributed by atoms with Gasteiger partial charge in [-0.2, -0.15) is 0 Å². The van der Waals surface area contributed by atoms with Crippen LogP contribution in [0.25, 0.3) is 0 Å². The SMILES string of the molecule is C=CC(=O)OC1(C(=O)OCCCCCCCCC)CCCCC1C(=O)OCCCCCCCCCCCCC. The van der Waals surface area contributed by atoms with Gasteiger partial charge in [0.05, 0.1) is 13.2 Å². The van der Waals surface area contributed by atoms with Crippen LogP contribution in [0.2, 0.25) is 0 Å². The molecule has 1 fully saturated rings.